The first-order chi connectivity index (χ1) is 16.9. The van der Waals surface area contributed by atoms with Crippen LogP contribution in [0.15, 0.2) is 54.6 Å². The molecule has 9 heteroatoms. The highest BCUT2D eigenvalue weighted by Gasteiger charge is 2.58. The van der Waals surface area contributed by atoms with Crippen LogP contribution in [-0.4, -0.2) is 58.8 Å². The Morgan fingerprint density at radius 2 is 1.77 bits per heavy atom. The van der Waals surface area contributed by atoms with E-state index in [4.69, 9.17) is 9.47 Å². The Kier molecular flexibility index (Phi) is 7.75. The largest absolute Gasteiger partial charge is 0.497 e. The topological polar surface area (TPSA) is 102 Å². The van der Waals surface area contributed by atoms with Gasteiger partial charge < -0.3 is 24.5 Å². The number of benzene rings is 2. The Balaban J connectivity index is 1.42. The third-order valence-electron chi connectivity index (χ3n) is 6.16. The van der Waals surface area contributed by atoms with Crippen LogP contribution in [0.2, 0.25) is 0 Å². The molecule has 4 rings (SSSR count). The minimum atomic E-state index is -0.863. The molecule has 0 aliphatic carbocycles. The first kappa shape index (κ1) is 24.8. The van der Waals surface area contributed by atoms with Crippen LogP contribution in [0, 0.1) is 5.92 Å². The summed E-state index contributed by atoms with van der Waals surface area (Å²) in [6, 6.07) is 14.9. The lowest BCUT2D eigenvalue weighted by Gasteiger charge is -2.54. The highest BCUT2D eigenvalue weighted by molar-refractivity contribution is 8.00. The van der Waals surface area contributed by atoms with Crippen molar-refractivity contribution < 1.29 is 28.7 Å². The predicted octanol–water partition coefficient (Wildman–Crippen LogP) is 2.34. The fraction of sp³-hybridized carbons (Fsp3) is 0.385. The maximum absolute atomic E-state index is 13.1. The van der Waals surface area contributed by atoms with Gasteiger partial charge in [-0.1, -0.05) is 42.5 Å². The van der Waals surface area contributed by atoms with Crippen molar-refractivity contribution in [3.8, 4) is 5.75 Å². The van der Waals surface area contributed by atoms with Crippen molar-refractivity contribution in [2.24, 2.45) is 5.92 Å². The number of nitrogens with one attached hydrogen (secondary N) is 1. The van der Waals surface area contributed by atoms with Gasteiger partial charge in [0.1, 0.15) is 35.6 Å². The molecule has 8 nitrogen and oxygen atoms in total. The van der Waals surface area contributed by atoms with Gasteiger partial charge in [0.25, 0.3) is 0 Å². The highest BCUT2D eigenvalue weighted by Crippen LogP contribution is 2.42. The number of rotatable bonds is 9. The summed E-state index contributed by atoms with van der Waals surface area (Å²) in [7, 11) is 1.57. The SMILES string of the molecule is COc1ccc(COC(=O)C2C(CC(C)=O)CS[C@@H]3[C@H](NC(=O)Cc4ccccc4)C(=O)N23)cc1. The third kappa shape index (κ3) is 5.67. The van der Waals surface area contributed by atoms with Gasteiger partial charge in [0.05, 0.1) is 13.5 Å². The summed E-state index contributed by atoms with van der Waals surface area (Å²) in [5.41, 5.74) is 1.64. The number of β-lactam (4-membered cyclic amide) rings is 1. The third-order valence-corrected chi connectivity index (χ3v) is 7.62. The molecule has 2 fully saturated rings. The van der Waals surface area contributed by atoms with E-state index in [0.717, 1.165) is 11.1 Å². The van der Waals surface area contributed by atoms with Gasteiger partial charge in [-0.2, -0.15) is 0 Å². The molecule has 1 N–H and O–H groups in total. The number of fused-ring (bicyclic) bond motifs is 1. The van der Waals surface area contributed by atoms with Gasteiger partial charge in [-0.15, -0.1) is 11.8 Å². The highest BCUT2D eigenvalue weighted by atomic mass is 32.2. The molecule has 0 spiro atoms. The van der Waals surface area contributed by atoms with Crippen molar-refractivity contribution in [3.05, 3.63) is 65.7 Å². The number of methoxy groups -OCH3 is 1. The van der Waals surface area contributed by atoms with Crippen molar-refractivity contribution in [3.63, 3.8) is 0 Å². The lowest BCUT2D eigenvalue weighted by atomic mass is 9.90. The minimum Gasteiger partial charge on any atom is -0.497 e. The molecule has 2 aliphatic rings. The molecule has 2 aliphatic heterocycles. The van der Waals surface area contributed by atoms with Crippen molar-refractivity contribution >= 4 is 35.3 Å². The Morgan fingerprint density at radius 3 is 2.43 bits per heavy atom. The van der Waals surface area contributed by atoms with Crippen LogP contribution in [-0.2, 0) is 36.9 Å². The van der Waals surface area contributed by atoms with Gasteiger partial charge in [-0.05, 0) is 30.2 Å². The van der Waals surface area contributed by atoms with E-state index < -0.39 is 18.1 Å². The predicted molar refractivity (Wildman–Crippen MR) is 131 cm³/mol. The zero-order chi connectivity index (χ0) is 24.9. The Morgan fingerprint density at radius 1 is 1.06 bits per heavy atom. The molecule has 2 heterocycles. The summed E-state index contributed by atoms with van der Waals surface area (Å²) in [6.07, 6.45) is 0.346. The molecule has 2 aromatic carbocycles. The van der Waals surface area contributed by atoms with Crippen molar-refractivity contribution in [2.75, 3.05) is 12.9 Å². The normalized spacial score (nSPS) is 23.0. The number of ketones is 1. The van der Waals surface area contributed by atoms with E-state index in [9.17, 15) is 19.2 Å². The summed E-state index contributed by atoms with van der Waals surface area (Å²) >= 11 is 1.48. The van der Waals surface area contributed by atoms with E-state index in [1.54, 1.807) is 31.4 Å². The number of amides is 2. The number of Topliss-reactive ketones (excluding diaryl/α,β-unsaturated/α-hetero) is 1. The Bertz CT molecular complexity index is 1090. The number of ether oxygens (including phenoxy) is 2. The van der Waals surface area contributed by atoms with Crippen LogP contribution in [0.4, 0.5) is 0 Å². The molecule has 35 heavy (non-hydrogen) atoms. The second-order valence-corrected chi connectivity index (χ2v) is 9.89. The van der Waals surface area contributed by atoms with E-state index in [-0.39, 0.29) is 48.3 Å². The fourth-order valence-corrected chi connectivity index (χ4v) is 5.96. The minimum absolute atomic E-state index is 0.0448. The lowest BCUT2D eigenvalue weighted by molar-refractivity contribution is -0.169. The number of carbonyl (C=O) groups excluding carboxylic acids is 4. The van der Waals surface area contributed by atoms with E-state index in [1.807, 2.05) is 30.3 Å². The van der Waals surface area contributed by atoms with Crippen LogP contribution < -0.4 is 10.1 Å². The molecule has 0 saturated carbocycles. The first-order valence-electron chi connectivity index (χ1n) is 11.4. The number of thioether (sulfide) groups is 1. The molecule has 184 valence electrons. The van der Waals surface area contributed by atoms with Crippen molar-refractivity contribution in [1.82, 2.24) is 10.2 Å². The van der Waals surface area contributed by atoms with Crippen LogP contribution in [0.3, 0.4) is 0 Å². The second kappa shape index (κ2) is 10.9. The molecule has 2 amide bonds. The lowest BCUT2D eigenvalue weighted by Crippen LogP contribution is -2.76. The van der Waals surface area contributed by atoms with Crippen LogP contribution in [0.25, 0.3) is 0 Å². The van der Waals surface area contributed by atoms with Gasteiger partial charge >= 0.3 is 5.97 Å². The van der Waals surface area contributed by atoms with Crippen molar-refractivity contribution in [1.29, 1.82) is 0 Å². The summed E-state index contributed by atoms with van der Waals surface area (Å²) in [6.45, 7) is 1.52. The maximum Gasteiger partial charge on any atom is 0.329 e. The van der Waals surface area contributed by atoms with Crippen LogP contribution >= 0.6 is 11.8 Å². The van der Waals surface area contributed by atoms with Gasteiger partial charge in [-0.3, -0.25) is 9.59 Å². The van der Waals surface area contributed by atoms with Gasteiger partial charge in [-0.25, -0.2) is 4.79 Å². The van der Waals surface area contributed by atoms with Gasteiger partial charge in [0.15, 0.2) is 0 Å². The number of hydrogen-bond acceptors (Lipinski definition) is 7. The number of nitrogens with zero attached hydrogens (tertiary/aromatic N) is 1. The average Bonchev–Trinajstić information content (AvgIpc) is 2.86. The molecular weight excluding hydrogens is 468 g/mol. The molecule has 0 aromatic heterocycles. The van der Waals surface area contributed by atoms with Crippen LogP contribution in [0.5, 0.6) is 5.75 Å². The number of hydrogen-bond donors (Lipinski definition) is 1. The van der Waals surface area contributed by atoms with E-state index in [2.05, 4.69) is 5.32 Å². The summed E-state index contributed by atoms with van der Waals surface area (Å²) in [4.78, 5) is 52.1. The second-order valence-electron chi connectivity index (χ2n) is 8.74. The number of esters is 1. The molecule has 2 saturated heterocycles. The van der Waals surface area contributed by atoms with E-state index in [1.165, 1.54) is 23.6 Å². The molecule has 4 atom stereocenters. The van der Waals surface area contributed by atoms with E-state index in [0.29, 0.717) is 11.5 Å². The maximum atomic E-state index is 13.1. The Labute approximate surface area is 208 Å². The quantitative estimate of drug-likeness (QED) is 0.420. The smallest absolute Gasteiger partial charge is 0.329 e. The zero-order valence-corrected chi connectivity index (χ0v) is 20.5. The van der Waals surface area contributed by atoms with Crippen LogP contribution in [0.1, 0.15) is 24.5 Å². The summed E-state index contributed by atoms with van der Waals surface area (Å²) in [5.74, 6) is -0.311. The molecule has 2 aromatic rings. The molecule has 0 radical (unpaired) electrons. The van der Waals surface area contributed by atoms with Crippen molar-refractivity contribution in [2.45, 2.75) is 43.8 Å². The zero-order valence-electron chi connectivity index (χ0n) is 19.6. The molecular formula is C26H28N2O6S. The van der Waals surface area contributed by atoms with Gasteiger partial charge in [0, 0.05) is 18.1 Å². The first-order valence-corrected chi connectivity index (χ1v) is 12.5. The standard InChI is InChI=1S/C26H28N2O6S/c1-16(29)12-19-15-35-25-22(27-21(30)13-17-6-4-3-5-7-17)24(31)28(25)23(19)26(32)34-14-18-8-10-20(33-2)11-9-18/h3-11,19,22-23,25H,12-15H2,1-2H3,(H,27,30)/t19?,22-,23?,25-/m1/s1. The summed E-state index contributed by atoms with van der Waals surface area (Å²) < 4.78 is 10.7. The van der Waals surface area contributed by atoms with E-state index >= 15 is 0 Å². The monoisotopic (exact) mass is 496 g/mol. The van der Waals surface area contributed by atoms with Gasteiger partial charge in [0.2, 0.25) is 11.8 Å². The molecule has 2 unspecified atom stereocenters. The Hall–Kier alpha value is -3.33. The average molecular weight is 497 g/mol. The summed E-state index contributed by atoms with van der Waals surface area (Å²) in [5, 5.41) is 2.44. The fourth-order valence-electron chi connectivity index (χ4n) is 4.44. The molecule has 0 bridgehead atoms. The number of carbonyl (C=O) groups is 4.